The lowest BCUT2D eigenvalue weighted by Crippen LogP contribution is -1.88. The minimum absolute atomic E-state index is 0.277. The first-order valence-electron chi connectivity index (χ1n) is 1.50. The highest BCUT2D eigenvalue weighted by molar-refractivity contribution is 6.25. The molecule has 46 valence electrons. The third-order valence-electron chi connectivity index (χ3n) is 0.286. The molecule has 0 amide bonds. The minimum Gasteiger partial charge on any atom is -0.411 e. The lowest BCUT2D eigenvalue weighted by Gasteiger charge is -1.75. The maximum atomic E-state index is 11.5. The summed E-state index contributed by atoms with van der Waals surface area (Å²) in [5.41, 5.74) is 0. The van der Waals surface area contributed by atoms with Crippen LogP contribution >= 0.6 is 0 Å². The maximum absolute atomic E-state index is 11.5. The van der Waals surface area contributed by atoms with Gasteiger partial charge in [0, 0.05) is 4.53 Å². The molecule has 0 unspecified atom stereocenters. The molecule has 0 atom stereocenters. The molecule has 8 heavy (non-hydrogen) atoms. The van der Waals surface area contributed by atoms with E-state index in [9.17, 15) is 8.92 Å². The van der Waals surface area contributed by atoms with Gasteiger partial charge in [0.15, 0.2) is 0 Å². The van der Waals surface area contributed by atoms with Gasteiger partial charge in [-0.25, -0.2) is 0 Å². The highest BCUT2D eigenvalue weighted by Crippen LogP contribution is 1.79. The van der Waals surface area contributed by atoms with Gasteiger partial charge in [0.05, 0.1) is 0 Å². The minimum atomic E-state index is -1.35. The van der Waals surface area contributed by atoms with Crippen molar-refractivity contribution in [3.05, 3.63) is 0 Å². The zero-order chi connectivity index (χ0) is 6.41. The molecule has 0 spiro atoms. The van der Waals surface area contributed by atoms with Gasteiger partial charge >= 0.3 is 0 Å². The SMILES string of the molecule is ON=CC(F)=NOF. The van der Waals surface area contributed by atoms with E-state index in [-0.39, 0.29) is 6.21 Å². The van der Waals surface area contributed by atoms with Crippen molar-refractivity contribution in [2.45, 2.75) is 0 Å². The Bertz CT molecular complexity index is 113. The van der Waals surface area contributed by atoms with Crippen molar-refractivity contribution in [1.29, 1.82) is 0 Å². The van der Waals surface area contributed by atoms with E-state index < -0.39 is 5.97 Å². The van der Waals surface area contributed by atoms with Gasteiger partial charge in [-0.05, 0) is 5.16 Å². The molecular weight excluding hydrogens is 122 g/mol. The van der Waals surface area contributed by atoms with Crippen molar-refractivity contribution in [3.63, 3.8) is 0 Å². The zero-order valence-electron chi connectivity index (χ0n) is 3.58. The number of halogens is 2. The fourth-order valence-electron chi connectivity index (χ4n) is 0.104. The van der Waals surface area contributed by atoms with E-state index in [1.165, 1.54) is 0 Å². The lowest BCUT2D eigenvalue weighted by molar-refractivity contribution is -0.131. The Kier molecular flexibility index (Phi) is 3.38. The summed E-state index contributed by atoms with van der Waals surface area (Å²) in [6.45, 7) is 0. The van der Waals surface area contributed by atoms with Crippen LogP contribution in [0.1, 0.15) is 0 Å². The van der Waals surface area contributed by atoms with E-state index in [2.05, 4.69) is 15.4 Å². The number of rotatable bonds is 2. The summed E-state index contributed by atoms with van der Waals surface area (Å²) in [5, 5.41) is 14.3. The molecule has 0 rings (SSSR count). The van der Waals surface area contributed by atoms with E-state index in [1.807, 2.05) is 0 Å². The molecule has 0 fully saturated rings. The summed E-state index contributed by atoms with van der Waals surface area (Å²) in [6.07, 6.45) is 0.277. The molecule has 0 saturated carbocycles. The van der Waals surface area contributed by atoms with Crippen LogP contribution in [0.3, 0.4) is 0 Å². The predicted octanol–water partition coefficient (Wildman–Crippen LogP) is 0.631. The standard InChI is InChI=1S/C2H2F2N2O2/c3-2(1-5-7)6-8-4/h1,7H. The average molecular weight is 124 g/mol. The van der Waals surface area contributed by atoms with Crippen LogP contribution in [-0.2, 0) is 5.04 Å². The van der Waals surface area contributed by atoms with Gasteiger partial charge in [0.1, 0.15) is 6.21 Å². The summed E-state index contributed by atoms with van der Waals surface area (Å²) < 4.78 is 22.0. The quantitative estimate of drug-likeness (QED) is 0.333. The van der Waals surface area contributed by atoms with Crippen molar-refractivity contribution in [2.75, 3.05) is 0 Å². The van der Waals surface area contributed by atoms with Crippen molar-refractivity contribution < 1.29 is 19.2 Å². The fraction of sp³-hybridized carbons (Fsp3) is 0. The van der Waals surface area contributed by atoms with Crippen LogP contribution in [0.15, 0.2) is 10.3 Å². The van der Waals surface area contributed by atoms with Crippen LogP contribution in [0.2, 0.25) is 0 Å². The molecule has 1 N–H and O–H groups in total. The first-order valence-corrected chi connectivity index (χ1v) is 1.50. The third-order valence-corrected chi connectivity index (χ3v) is 0.286. The lowest BCUT2D eigenvalue weighted by atomic mass is 10.8. The molecule has 0 bridgehead atoms. The second kappa shape index (κ2) is 3.97. The van der Waals surface area contributed by atoms with Gasteiger partial charge in [0.2, 0.25) is 0 Å². The third kappa shape index (κ3) is 3.01. The van der Waals surface area contributed by atoms with Crippen LogP contribution < -0.4 is 0 Å². The molecule has 0 aliphatic rings. The molecule has 0 aromatic heterocycles. The average Bonchev–Trinajstić information content (AvgIpc) is 1.68. The Morgan fingerprint density at radius 2 is 2.38 bits per heavy atom. The Labute approximate surface area is 42.9 Å². The molecule has 0 aromatic rings. The van der Waals surface area contributed by atoms with Crippen LogP contribution in [-0.4, -0.2) is 17.4 Å². The van der Waals surface area contributed by atoms with Crippen LogP contribution in [0.5, 0.6) is 0 Å². The number of hydrogen-bond donors (Lipinski definition) is 1. The van der Waals surface area contributed by atoms with Crippen LogP contribution in [0.4, 0.5) is 8.92 Å². The van der Waals surface area contributed by atoms with E-state index in [0.29, 0.717) is 0 Å². The summed E-state index contributed by atoms with van der Waals surface area (Å²) in [7, 11) is 0. The second-order valence-corrected chi connectivity index (χ2v) is 0.728. The smallest absolute Gasteiger partial charge is 0.275 e. The largest absolute Gasteiger partial charge is 0.411 e. The second-order valence-electron chi connectivity index (χ2n) is 0.728. The molecule has 0 aliphatic carbocycles. The first-order chi connectivity index (χ1) is 3.81. The molecule has 0 saturated heterocycles. The molecule has 6 heteroatoms. The van der Waals surface area contributed by atoms with Crippen molar-refractivity contribution in [1.82, 2.24) is 0 Å². The van der Waals surface area contributed by atoms with Gasteiger partial charge in [-0.15, -0.1) is 0 Å². The van der Waals surface area contributed by atoms with E-state index in [0.717, 1.165) is 0 Å². The molecule has 0 aromatic carbocycles. The van der Waals surface area contributed by atoms with Crippen molar-refractivity contribution in [3.8, 4) is 0 Å². The Morgan fingerprint density at radius 1 is 1.75 bits per heavy atom. The van der Waals surface area contributed by atoms with E-state index in [1.54, 1.807) is 0 Å². The monoisotopic (exact) mass is 124 g/mol. The summed E-state index contributed by atoms with van der Waals surface area (Å²) in [5.74, 6) is -1.35. The Hall–Kier alpha value is -1.20. The molecule has 0 heterocycles. The number of oxime groups is 2. The number of hydrogen-bond acceptors (Lipinski definition) is 4. The topological polar surface area (TPSA) is 54.2 Å². The van der Waals surface area contributed by atoms with E-state index in [4.69, 9.17) is 5.21 Å². The Morgan fingerprint density at radius 3 is 2.75 bits per heavy atom. The number of nitrogens with zero attached hydrogens (tertiary/aromatic N) is 2. The van der Waals surface area contributed by atoms with Crippen LogP contribution in [0.25, 0.3) is 0 Å². The van der Waals surface area contributed by atoms with Gasteiger partial charge in [0.25, 0.3) is 5.97 Å². The van der Waals surface area contributed by atoms with Gasteiger partial charge in [-0.3, -0.25) is 0 Å². The maximum Gasteiger partial charge on any atom is 0.275 e. The summed E-state index contributed by atoms with van der Waals surface area (Å²) in [4.78, 5) is 0. The summed E-state index contributed by atoms with van der Waals surface area (Å²) >= 11 is 0. The fourth-order valence-corrected chi connectivity index (χ4v) is 0.104. The van der Waals surface area contributed by atoms with Gasteiger partial charge < -0.3 is 5.21 Å². The highest BCUT2D eigenvalue weighted by atomic mass is 19.3. The van der Waals surface area contributed by atoms with Crippen molar-refractivity contribution in [2.24, 2.45) is 10.3 Å². The van der Waals surface area contributed by atoms with Gasteiger partial charge in [-0.1, -0.05) is 5.16 Å². The zero-order valence-corrected chi connectivity index (χ0v) is 3.58. The molecular formula is C2H2F2N2O2. The predicted molar refractivity (Wildman–Crippen MR) is 21.0 cm³/mol. The normalized spacial score (nSPS) is 12.5. The Balaban J connectivity index is 3.61. The highest BCUT2D eigenvalue weighted by Gasteiger charge is 1.88. The van der Waals surface area contributed by atoms with E-state index >= 15 is 0 Å². The van der Waals surface area contributed by atoms with Gasteiger partial charge in [-0.2, -0.15) is 9.43 Å². The van der Waals surface area contributed by atoms with Crippen molar-refractivity contribution >= 4 is 12.2 Å². The molecule has 0 aliphatic heterocycles. The first kappa shape index (κ1) is 6.80. The molecule has 4 nitrogen and oxygen atoms in total. The summed E-state index contributed by atoms with van der Waals surface area (Å²) in [6, 6.07) is 0. The molecule has 0 radical (unpaired) electrons. The van der Waals surface area contributed by atoms with Crippen LogP contribution in [0, 0.1) is 0 Å².